The van der Waals surface area contributed by atoms with Crippen LogP contribution in [0.25, 0.3) is 0 Å². The molecule has 3 unspecified atom stereocenters. The Balaban J connectivity index is 1.63. The number of para-hydroxylation sites is 1. The number of anilines is 1. The highest BCUT2D eigenvalue weighted by Gasteiger charge is 2.56. The van der Waals surface area contributed by atoms with Gasteiger partial charge in [0.1, 0.15) is 6.17 Å². The maximum atomic E-state index is 2.86. The van der Waals surface area contributed by atoms with Gasteiger partial charge in [0.2, 0.25) is 0 Å². The zero-order valence-electron chi connectivity index (χ0n) is 18.1. The molecule has 1 saturated heterocycles. The topological polar surface area (TPSA) is 6.48 Å². The third kappa shape index (κ3) is 2.95. The molecule has 2 heteroatoms. The van der Waals surface area contributed by atoms with Gasteiger partial charge >= 0.3 is 0 Å². The van der Waals surface area contributed by atoms with Crippen LogP contribution in [0.15, 0.2) is 66.7 Å². The SMILES string of the molecule is Cc1ccccc1N1C(c2ccccc2)N2C(C=CC2(C)C2CCCCC2)[C@@H]1C. The van der Waals surface area contributed by atoms with Crippen LogP contribution in [0.4, 0.5) is 5.69 Å². The van der Waals surface area contributed by atoms with Gasteiger partial charge in [-0.25, -0.2) is 0 Å². The minimum Gasteiger partial charge on any atom is -0.347 e. The summed E-state index contributed by atoms with van der Waals surface area (Å²) in [6.07, 6.45) is 12.3. The first-order chi connectivity index (χ1) is 14.1. The van der Waals surface area contributed by atoms with E-state index in [0.29, 0.717) is 12.1 Å². The third-order valence-electron chi connectivity index (χ3n) is 7.89. The molecule has 1 aliphatic carbocycles. The van der Waals surface area contributed by atoms with Crippen molar-refractivity contribution >= 4 is 5.69 Å². The van der Waals surface area contributed by atoms with Gasteiger partial charge < -0.3 is 4.90 Å². The van der Waals surface area contributed by atoms with Gasteiger partial charge in [0.25, 0.3) is 0 Å². The summed E-state index contributed by atoms with van der Waals surface area (Å²) in [7, 11) is 0. The van der Waals surface area contributed by atoms with Gasteiger partial charge in [-0.05, 0) is 56.7 Å². The largest absolute Gasteiger partial charge is 0.347 e. The van der Waals surface area contributed by atoms with E-state index in [2.05, 4.69) is 97.3 Å². The second-order valence-corrected chi connectivity index (χ2v) is 9.54. The molecule has 2 aliphatic heterocycles. The van der Waals surface area contributed by atoms with E-state index in [1.54, 1.807) is 0 Å². The Morgan fingerprint density at radius 2 is 1.59 bits per heavy atom. The van der Waals surface area contributed by atoms with E-state index in [9.17, 15) is 0 Å². The molecule has 2 aromatic rings. The number of nitrogens with zero attached hydrogens (tertiary/aromatic N) is 2. The van der Waals surface area contributed by atoms with Crippen LogP contribution in [-0.4, -0.2) is 22.5 Å². The van der Waals surface area contributed by atoms with Gasteiger partial charge in [-0.15, -0.1) is 0 Å². The van der Waals surface area contributed by atoms with E-state index >= 15 is 0 Å². The van der Waals surface area contributed by atoms with Crippen LogP contribution >= 0.6 is 0 Å². The minimum atomic E-state index is 0.136. The zero-order valence-corrected chi connectivity index (χ0v) is 18.1. The van der Waals surface area contributed by atoms with Crippen molar-refractivity contribution in [3.05, 3.63) is 77.9 Å². The summed E-state index contributed by atoms with van der Waals surface area (Å²) in [5, 5.41) is 0. The summed E-state index contributed by atoms with van der Waals surface area (Å²) in [5.74, 6) is 0.757. The highest BCUT2D eigenvalue weighted by molar-refractivity contribution is 5.58. The van der Waals surface area contributed by atoms with Crippen LogP contribution in [-0.2, 0) is 0 Å². The van der Waals surface area contributed by atoms with Gasteiger partial charge in [0, 0.05) is 17.3 Å². The lowest BCUT2D eigenvalue weighted by atomic mass is 9.75. The molecule has 152 valence electrons. The van der Waals surface area contributed by atoms with Crippen molar-refractivity contribution in [2.75, 3.05) is 4.90 Å². The van der Waals surface area contributed by atoms with Crippen LogP contribution in [0.5, 0.6) is 0 Å². The first-order valence-electron chi connectivity index (χ1n) is 11.5. The molecule has 0 spiro atoms. The third-order valence-corrected chi connectivity index (χ3v) is 7.89. The van der Waals surface area contributed by atoms with Gasteiger partial charge in [0.05, 0.1) is 6.04 Å². The maximum Gasteiger partial charge on any atom is 0.110 e. The Bertz CT molecular complexity index is 882. The first-order valence-corrected chi connectivity index (χ1v) is 11.5. The van der Waals surface area contributed by atoms with E-state index in [4.69, 9.17) is 0 Å². The van der Waals surface area contributed by atoms with Crippen molar-refractivity contribution in [2.45, 2.75) is 76.7 Å². The quantitative estimate of drug-likeness (QED) is 0.557. The van der Waals surface area contributed by atoms with Crippen molar-refractivity contribution in [3.8, 4) is 0 Å². The molecule has 5 rings (SSSR count). The Morgan fingerprint density at radius 3 is 2.31 bits per heavy atom. The summed E-state index contributed by atoms with van der Waals surface area (Å²) >= 11 is 0. The summed E-state index contributed by atoms with van der Waals surface area (Å²) in [5.41, 5.74) is 4.29. The molecule has 29 heavy (non-hydrogen) atoms. The summed E-state index contributed by atoms with van der Waals surface area (Å²) in [4.78, 5) is 5.55. The highest BCUT2D eigenvalue weighted by atomic mass is 15.5. The van der Waals surface area contributed by atoms with Crippen LogP contribution < -0.4 is 4.90 Å². The predicted molar refractivity (Wildman–Crippen MR) is 122 cm³/mol. The van der Waals surface area contributed by atoms with E-state index < -0.39 is 0 Å². The van der Waals surface area contributed by atoms with Crippen molar-refractivity contribution in [3.63, 3.8) is 0 Å². The molecule has 2 nitrogen and oxygen atoms in total. The summed E-state index contributed by atoms with van der Waals surface area (Å²) < 4.78 is 0. The van der Waals surface area contributed by atoms with Crippen molar-refractivity contribution in [2.24, 2.45) is 5.92 Å². The lowest BCUT2D eigenvalue weighted by Gasteiger charge is -2.47. The molecule has 0 amide bonds. The van der Waals surface area contributed by atoms with Gasteiger partial charge in [-0.2, -0.15) is 0 Å². The molecule has 0 N–H and O–H groups in total. The molecular weight excluding hydrogens is 352 g/mol. The van der Waals surface area contributed by atoms with Crippen LogP contribution in [0.2, 0.25) is 0 Å². The first kappa shape index (κ1) is 18.9. The second-order valence-electron chi connectivity index (χ2n) is 9.54. The summed E-state index contributed by atoms with van der Waals surface area (Å²) in [6, 6.07) is 21.0. The molecule has 2 heterocycles. The fraction of sp³-hybridized carbons (Fsp3) is 0.481. The molecule has 2 fully saturated rings. The van der Waals surface area contributed by atoms with Crippen LogP contribution in [0.1, 0.15) is 63.2 Å². The monoisotopic (exact) mass is 386 g/mol. The highest BCUT2D eigenvalue weighted by Crippen LogP contribution is 2.53. The van der Waals surface area contributed by atoms with Crippen molar-refractivity contribution < 1.29 is 0 Å². The molecule has 4 atom stereocenters. The number of hydrogen-bond donors (Lipinski definition) is 0. The Kier molecular flexibility index (Phi) is 4.78. The average molecular weight is 387 g/mol. The fourth-order valence-corrected chi connectivity index (χ4v) is 6.32. The molecular formula is C27H34N2. The zero-order chi connectivity index (χ0) is 20.0. The Morgan fingerprint density at radius 1 is 0.897 bits per heavy atom. The van der Waals surface area contributed by atoms with Gasteiger partial charge in [0.15, 0.2) is 0 Å². The van der Waals surface area contributed by atoms with Crippen LogP contribution in [0.3, 0.4) is 0 Å². The summed E-state index contributed by atoms with van der Waals surface area (Å²) in [6.45, 7) is 7.19. The normalized spacial score (nSPS) is 32.7. The van der Waals surface area contributed by atoms with Crippen molar-refractivity contribution in [1.29, 1.82) is 0 Å². The van der Waals surface area contributed by atoms with Crippen LogP contribution in [0, 0.1) is 12.8 Å². The van der Waals surface area contributed by atoms with Gasteiger partial charge in [-0.1, -0.05) is 79.9 Å². The second kappa shape index (κ2) is 7.32. The standard InChI is InChI=1S/C27H34N2/c1-20-12-10-11-17-24(20)28-21(2)25-18-19-27(3,23-15-8-5-9-16-23)29(25)26(28)22-13-6-4-7-14-22/h4,6-7,10-14,17-19,21,23,25-26H,5,8-9,15-16H2,1-3H3/t21-,25?,26?,27?/m0/s1. The van der Waals surface area contributed by atoms with Crippen molar-refractivity contribution in [1.82, 2.24) is 4.90 Å². The number of rotatable bonds is 3. The van der Waals surface area contributed by atoms with E-state index in [-0.39, 0.29) is 11.7 Å². The number of hydrogen-bond acceptors (Lipinski definition) is 2. The molecule has 0 bridgehead atoms. The van der Waals surface area contributed by atoms with E-state index in [1.165, 1.54) is 48.9 Å². The van der Waals surface area contributed by atoms with Gasteiger partial charge in [-0.3, -0.25) is 4.90 Å². The smallest absolute Gasteiger partial charge is 0.110 e. The molecule has 0 radical (unpaired) electrons. The van der Waals surface area contributed by atoms with E-state index in [0.717, 1.165) is 5.92 Å². The molecule has 0 aromatic heterocycles. The maximum absolute atomic E-state index is 2.86. The van der Waals surface area contributed by atoms with E-state index in [1.807, 2.05) is 0 Å². The molecule has 3 aliphatic rings. The molecule has 2 aromatic carbocycles. The number of aryl methyl sites for hydroxylation is 1. The predicted octanol–water partition coefficient (Wildman–Crippen LogP) is 6.48. The minimum absolute atomic E-state index is 0.136. The Labute approximate surface area is 176 Å². The lowest BCUT2D eigenvalue weighted by Crippen LogP contribution is -2.51. The number of fused-ring (bicyclic) bond motifs is 1. The lowest BCUT2D eigenvalue weighted by molar-refractivity contribution is 0.0512. The Hall–Kier alpha value is -2.06. The average Bonchev–Trinajstić information content (AvgIpc) is 3.26. The number of benzene rings is 2. The molecule has 1 saturated carbocycles. The fourth-order valence-electron chi connectivity index (χ4n) is 6.32.